The lowest BCUT2D eigenvalue weighted by Gasteiger charge is -2.45. The summed E-state index contributed by atoms with van der Waals surface area (Å²) in [6.45, 7) is 8.01. The molecule has 13 heteroatoms. The molecule has 56 heavy (non-hydrogen) atoms. The Morgan fingerprint density at radius 1 is 1.00 bits per heavy atom. The first kappa shape index (κ1) is 39.0. The van der Waals surface area contributed by atoms with Crippen molar-refractivity contribution in [3.8, 4) is 5.75 Å². The van der Waals surface area contributed by atoms with Crippen molar-refractivity contribution >= 4 is 29.1 Å². The highest BCUT2D eigenvalue weighted by atomic mass is 16.5. The van der Waals surface area contributed by atoms with Crippen LogP contribution in [-0.4, -0.2) is 102 Å². The number of hydrogen-bond donors (Lipinski definition) is 4. The Hall–Kier alpha value is -5.30. The third kappa shape index (κ3) is 8.28. The second-order valence-electron chi connectivity index (χ2n) is 16.1. The number of nitrogens with two attached hydrogens (primary N) is 2. The monoisotopic (exact) mass is 764 g/mol. The molecule has 0 saturated carbocycles. The number of imide groups is 1. The van der Waals surface area contributed by atoms with Gasteiger partial charge in [-0.05, 0) is 93.7 Å². The van der Waals surface area contributed by atoms with Gasteiger partial charge in [-0.1, -0.05) is 29.4 Å². The maximum Gasteiger partial charge on any atom is 0.236 e. The predicted molar refractivity (Wildman–Crippen MR) is 215 cm³/mol. The fraction of sp³-hybridized carbons (Fsp3) is 0.488. The Morgan fingerprint density at radius 3 is 2.32 bits per heavy atom. The number of aromatic nitrogens is 1. The van der Waals surface area contributed by atoms with Crippen molar-refractivity contribution in [1.29, 1.82) is 0 Å². The molecule has 0 radical (unpaired) electrons. The molecule has 298 valence electrons. The van der Waals surface area contributed by atoms with Crippen LogP contribution in [0.1, 0.15) is 79.9 Å². The van der Waals surface area contributed by atoms with E-state index in [0.29, 0.717) is 61.7 Å². The van der Waals surface area contributed by atoms with Crippen molar-refractivity contribution in [2.75, 3.05) is 57.8 Å². The van der Waals surface area contributed by atoms with Crippen LogP contribution < -0.4 is 21.7 Å². The number of likely N-dealkylation sites (N-methyl/N-ethyl adjacent to an activating group) is 1. The number of piperidine rings is 4. The molecule has 2 aromatic carbocycles. The van der Waals surface area contributed by atoms with E-state index in [0.717, 1.165) is 75.4 Å². The summed E-state index contributed by atoms with van der Waals surface area (Å²) >= 11 is 0. The van der Waals surface area contributed by atoms with E-state index in [1.54, 1.807) is 24.3 Å². The zero-order valence-corrected chi connectivity index (χ0v) is 32.7. The fourth-order valence-electron chi connectivity index (χ4n) is 9.16. The van der Waals surface area contributed by atoms with Crippen LogP contribution in [0, 0.1) is 12.8 Å². The summed E-state index contributed by atoms with van der Waals surface area (Å²) in [5, 5.41) is 17.0. The highest BCUT2D eigenvalue weighted by Gasteiger charge is 2.49. The van der Waals surface area contributed by atoms with Gasteiger partial charge in [0.1, 0.15) is 11.2 Å². The summed E-state index contributed by atoms with van der Waals surface area (Å²) in [4.78, 5) is 47.6. The first-order valence-electron chi connectivity index (χ1n) is 20.1. The number of nitrogens with zero attached hydrogens (tertiary/aromatic N) is 5. The van der Waals surface area contributed by atoms with Crippen LogP contribution in [0.4, 0.5) is 5.69 Å². The van der Waals surface area contributed by atoms with Gasteiger partial charge in [-0.25, -0.2) is 0 Å². The molecule has 6 N–H and O–H groups in total. The van der Waals surface area contributed by atoms with E-state index in [-0.39, 0.29) is 35.4 Å². The lowest BCUT2D eigenvalue weighted by molar-refractivity contribution is -0.142. The zero-order valence-electron chi connectivity index (χ0n) is 32.7. The van der Waals surface area contributed by atoms with E-state index in [9.17, 15) is 19.5 Å². The largest absolute Gasteiger partial charge is 0.507 e. The van der Waals surface area contributed by atoms with Gasteiger partial charge in [0.25, 0.3) is 0 Å². The molecule has 4 aliphatic heterocycles. The van der Waals surface area contributed by atoms with Gasteiger partial charge in [-0.2, -0.15) is 0 Å². The number of nitrogens with one attached hydrogen (secondary N) is 1. The summed E-state index contributed by atoms with van der Waals surface area (Å²) in [5.74, 6) is 0.778. The molecular weight excluding hydrogens is 709 g/mol. The average Bonchev–Trinajstić information content (AvgIpc) is 3.67. The van der Waals surface area contributed by atoms with Crippen LogP contribution >= 0.6 is 0 Å². The third-order valence-corrected chi connectivity index (χ3v) is 12.6. The van der Waals surface area contributed by atoms with E-state index in [1.165, 1.54) is 11.9 Å². The highest BCUT2D eigenvalue weighted by molar-refractivity contribution is 6.01. The maximum absolute atomic E-state index is 14.6. The number of phenolic OH excluding ortho intramolecular Hbond substituents is 1. The van der Waals surface area contributed by atoms with E-state index in [2.05, 4.69) is 37.3 Å². The normalized spacial score (nSPS) is 21.9. The molecule has 5 heterocycles. The quantitative estimate of drug-likeness (QED) is 0.172. The Kier molecular flexibility index (Phi) is 11.7. The number of aryl methyl sites for hydroxylation is 1. The molecule has 4 aliphatic rings. The summed E-state index contributed by atoms with van der Waals surface area (Å²) in [6, 6.07) is 17.3. The number of amides is 3. The van der Waals surface area contributed by atoms with Crippen LogP contribution in [0.2, 0.25) is 0 Å². The number of likely N-dealkylation sites (tertiary alicyclic amines) is 2. The van der Waals surface area contributed by atoms with Gasteiger partial charge in [-0.15, -0.1) is 0 Å². The van der Waals surface area contributed by atoms with Crippen molar-refractivity contribution in [1.82, 2.24) is 25.2 Å². The minimum absolute atomic E-state index is 0.0757. The number of carbonyl (C=O) groups excluding carboxylic acids is 3. The zero-order chi connectivity index (χ0) is 39.4. The molecule has 4 fully saturated rings. The second-order valence-corrected chi connectivity index (χ2v) is 16.1. The molecule has 0 bridgehead atoms. The smallest absolute Gasteiger partial charge is 0.236 e. The van der Waals surface area contributed by atoms with Crippen LogP contribution in [0.5, 0.6) is 5.75 Å². The van der Waals surface area contributed by atoms with Gasteiger partial charge in [0.15, 0.2) is 5.76 Å². The molecule has 0 spiro atoms. The third-order valence-electron chi connectivity index (χ3n) is 12.6. The van der Waals surface area contributed by atoms with Gasteiger partial charge in [0, 0.05) is 94.5 Å². The van der Waals surface area contributed by atoms with Gasteiger partial charge in [-0.3, -0.25) is 19.7 Å². The van der Waals surface area contributed by atoms with Crippen molar-refractivity contribution in [3.63, 3.8) is 0 Å². The molecule has 1 atom stereocenters. The summed E-state index contributed by atoms with van der Waals surface area (Å²) in [7, 11) is 1.95. The Morgan fingerprint density at radius 2 is 1.70 bits per heavy atom. The number of anilines is 1. The second kappa shape index (κ2) is 16.8. The Labute approximate surface area is 329 Å². The number of aromatic hydroxyl groups is 1. The van der Waals surface area contributed by atoms with Crippen LogP contribution in [0.25, 0.3) is 5.70 Å². The van der Waals surface area contributed by atoms with Gasteiger partial charge in [0.05, 0.1) is 17.3 Å². The average molecular weight is 765 g/mol. The van der Waals surface area contributed by atoms with E-state index in [1.807, 2.05) is 43.1 Å². The standard InChI is InChI=1S/C43H56N8O5/c1-29-25-39(56-47-29)43(17-23-51(24-18-43)34(27-44)26-37(45)36-5-3-4-6-38(36)52)42(55)48(2)32-15-19-49(20-16-32)28-30-13-21-50(22-14-30)33-9-7-31(8-10-33)35-11-12-40(53)46-41(35)54/h3-10,25-27,30,32,35,52H,11-24,28,44-45H2,1-2H3,(H,46,53,54)/b34-27+,37-26-/t35-/m1/s1. The summed E-state index contributed by atoms with van der Waals surface area (Å²) in [5.41, 5.74) is 16.2. The maximum atomic E-state index is 14.6. The highest BCUT2D eigenvalue weighted by Crippen LogP contribution is 2.40. The molecule has 0 unspecified atom stereocenters. The predicted octanol–water partition coefficient (Wildman–Crippen LogP) is 4.18. The molecule has 4 saturated heterocycles. The van der Waals surface area contributed by atoms with Crippen molar-refractivity contribution in [2.24, 2.45) is 17.4 Å². The van der Waals surface area contributed by atoms with E-state index in [4.69, 9.17) is 16.0 Å². The van der Waals surface area contributed by atoms with Crippen LogP contribution in [-0.2, 0) is 19.8 Å². The topological polar surface area (TPSA) is 174 Å². The number of rotatable bonds is 10. The Bertz CT molecular complexity index is 1930. The van der Waals surface area contributed by atoms with Crippen molar-refractivity contribution < 1.29 is 24.0 Å². The first-order chi connectivity index (χ1) is 27.0. The fourth-order valence-corrected chi connectivity index (χ4v) is 9.16. The van der Waals surface area contributed by atoms with Gasteiger partial charge in [0.2, 0.25) is 17.7 Å². The Balaban J connectivity index is 0.912. The summed E-state index contributed by atoms with van der Waals surface area (Å²) in [6.07, 6.45) is 9.42. The summed E-state index contributed by atoms with van der Waals surface area (Å²) < 4.78 is 5.85. The minimum Gasteiger partial charge on any atom is -0.507 e. The number of allylic oxidation sites excluding steroid dienone is 1. The molecule has 7 rings (SSSR count). The van der Waals surface area contributed by atoms with Crippen LogP contribution in [0.3, 0.4) is 0 Å². The molecule has 0 aliphatic carbocycles. The number of hydrogen-bond acceptors (Lipinski definition) is 11. The number of phenols is 1. The van der Waals surface area contributed by atoms with Gasteiger partial charge < -0.3 is 40.7 Å². The van der Waals surface area contributed by atoms with Crippen LogP contribution in [0.15, 0.2) is 77.1 Å². The number of benzene rings is 2. The molecule has 13 nitrogen and oxygen atoms in total. The molecule has 3 amide bonds. The SMILES string of the molecule is Cc1cc(C2(C(=O)N(C)C3CCN(CC4CCN(c5ccc([C@H]6CCC(=O)NC6=O)cc5)CC4)CC3)CCN(C(/C=C(\N)c3ccccc3O)=C/N)CC2)on1. The number of para-hydroxylation sites is 1. The molecule has 1 aromatic heterocycles. The van der Waals surface area contributed by atoms with Gasteiger partial charge >= 0.3 is 0 Å². The molecule has 3 aromatic rings. The van der Waals surface area contributed by atoms with Crippen molar-refractivity contribution in [3.05, 3.63) is 95.2 Å². The van der Waals surface area contributed by atoms with E-state index >= 15 is 0 Å². The number of carbonyl (C=O) groups is 3. The van der Waals surface area contributed by atoms with E-state index < -0.39 is 5.41 Å². The van der Waals surface area contributed by atoms with Crippen molar-refractivity contribution in [2.45, 2.75) is 75.7 Å². The minimum atomic E-state index is -0.838. The lowest BCUT2D eigenvalue weighted by Crippen LogP contribution is -2.55. The first-order valence-corrected chi connectivity index (χ1v) is 20.1. The molecular formula is C43H56N8O5. The lowest BCUT2D eigenvalue weighted by atomic mass is 9.74.